The third kappa shape index (κ3) is 3.12. The first-order valence-corrected chi connectivity index (χ1v) is 6.58. The monoisotopic (exact) mass is 275 g/mol. The molecule has 1 amide bonds. The molecule has 0 spiro atoms. The Labute approximate surface area is 122 Å². The first-order chi connectivity index (χ1) is 10.3. The zero-order valence-corrected chi connectivity index (χ0v) is 11.2. The molecule has 3 aromatic rings. The number of aromatic nitrogens is 2. The lowest BCUT2D eigenvalue weighted by molar-refractivity contribution is 0.102. The fourth-order valence-corrected chi connectivity index (χ4v) is 1.95. The van der Waals surface area contributed by atoms with Crippen LogP contribution in [0.2, 0.25) is 0 Å². The highest BCUT2D eigenvalue weighted by atomic mass is 16.1. The highest BCUT2D eigenvalue weighted by Crippen LogP contribution is 2.17. The van der Waals surface area contributed by atoms with Crippen molar-refractivity contribution in [1.82, 2.24) is 9.97 Å². The Morgan fingerprint density at radius 2 is 1.52 bits per heavy atom. The second-order valence-corrected chi connectivity index (χ2v) is 4.45. The predicted molar refractivity (Wildman–Crippen MR) is 81.9 cm³/mol. The standard InChI is InChI=1S/C17H13N3O/c21-16(14-9-5-2-6-10-14)20-17-18-12-11-15(19-17)13-7-3-1-4-8-13/h1-12H,(H,18,19,20,21). The van der Waals surface area contributed by atoms with Crippen LogP contribution in [0.1, 0.15) is 10.4 Å². The molecular formula is C17H13N3O. The topological polar surface area (TPSA) is 54.9 Å². The molecule has 0 saturated heterocycles. The summed E-state index contributed by atoms with van der Waals surface area (Å²) in [6.45, 7) is 0. The van der Waals surface area contributed by atoms with E-state index in [-0.39, 0.29) is 5.91 Å². The average Bonchev–Trinajstić information content (AvgIpc) is 2.57. The van der Waals surface area contributed by atoms with E-state index in [9.17, 15) is 4.79 Å². The highest BCUT2D eigenvalue weighted by molar-refractivity contribution is 6.03. The van der Waals surface area contributed by atoms with Crippen molar-refractivity contribution < 1.29 is 4.79 Å². The van der Waals surface area contributed by atoms with E-state index in [4.69, 9.17) is 0 Å². The Hall–Kier alpha value is -3.01. The van der Waals surface area contributed by atoms with Crippen molar-refractivity contribution in [2.75, 3.05) is 5.32 Å². The van der Waals surface area contributed by atoms with E-state index < -0.39 is 0 Å². The lowest BCUT2D eigenvalue weighted by Crippen LogP contribution is -2.14. The Morgan fingerprint density at radius 1 is 0.857 bits per heavy atom. The van der Waals surface area contributed by atoms with Gasteiger partial charge in [0.1, 0.15) is 0 Å². The molecule has 0 atom stereocenters. The molecule has 1 N–H and O–H groups in total. The van der Waals surface area contributed by atoms with Crippen molar-refractivity contribution in [2.45, 2.75) is 0 Å². The van der Waals surface area contributed by atoms with Crippen LogP contribution in [0.5, 0.6) is 0 Å². The Bertz CT molecular complexity index is 742. The normalized spacial score (nSPS) is 10.1. The Kier molecular flexibility index (Phi) is 3.69. The smallest absolute Gasteiger partial charge is 0.258 e. The molecule has 4 heteroatoms. The van der Waals surface area contributed by atoms with E-state index in [0.29, 0.717) is 11.5 Å². The number of amides is 1. The average molecular weight is 275 g/mol. The van der Waals surface area contributed by atoms with Gasteiger partial charge in [-0.2, -0.15) is 0 Å². The third-order valence-corrected chi connectivity index (χ3v) is 2.99. The largest absolute Gasteiger partial charge is 0.290 e. The van der Waals surface area contributed by atoms with Crippen molar-refractivity contribution in [3.63, 3.8) is 0 Å². The van der Waals surface area contributed by atoms with E-state index in [1.165, 1.54) is 0 Å². The van der Waals surface area contributed by atoms with Gasteiger partial charge in [0, 0.05) is 17.3 Å². The minimum atomic E-state index is -0.221. The summed E-state index contributed by atoms with van der Waals surface area (Å²) in [7, 11) is 0. The van der Waals surface area contributed by atoms with Crippen LogP contribution in [0.15, 0.2) is 72.9 Å². The van der Waals surface area contributed by atoms with Crippen molar-refractivity contribution in [1.29, 1.82) is 0 Å². The molecule has 0 unspecified atom stereocenters. The van der Waals surface area contributed by atoms with Crippen LogP contribution in [0.25, 0.3) is 11.3 Å². The van der Waals surface area contributed by atoms with Gasteiger partial charge in [0.25, 0.3) is 5.91 Å². The van der Waals surface area contributed by atoms with Crippen LogP contribution in [-0.2, 0) is 0 Å². The van der Waals surface area contributed by atoms with Gasteiger partial charge in [-0.25, -0.2) is 9.97 Å². The number of hydrogen-bond donors (Lipinski definition) is 1. The van der Waals surface area contributed by atoms with E-state index >= 15 is 0 Å². The first-order valence-electron chi connectivity index (χ1n) is 6.58. The Balaban J connectivity index is 1.83. The molecule has 0 saturated carbocycles. The van der Waals surface area contributed by atoms with Crippen LogP contribution in [0.4, 0.5) is 5.95 Å². The number of hydrogen-bond acceptors (Lipinski definition) is 3. The van der Waals surface area contributed by atoms with Gasteiger partial charge in [0.2, 0.25) is 5.95 Å². The van der Waals surface area contributed by atoms with Crippen molar-refractivity contribution in [3.8, 4) is 11.3 Å². The van der Waals surface area contributed by atoms with Crippen molar-refractivity contribution >= 4 is 11.9 Å². The van der Waals surface area contributed by atoms with Gasteiger partial charge < -0.3 is 0 Å². The van der Waals surface area contributed by atoms with Crippen LogP contribution < -0.4 is 5.32 Å². The molecule has 3 rings (SSSR count). The summed E-state index contributed by atoms with van der Waals surface area (Å²) in [4.78, 5) is 20.5. The molecule has 0 aliphatic heterocycles. The van der Waals surface area contributed by atoms with Gasteiger partial charge in [0.15, 0.2) is 0 Å². The number of carbonyl (C=O) groups excluding carboxylic acids is 1. The number of nitrogens with zero attached hydrogens (tertiary/aromatic N) is 2. The number of carbonyl (C=O) groups is 1. The molecule has 0 aliphatic carbocycles. The molecular weight excluding hydrogens is 262 g/mol. The zero-order chi connectivity index (χ0) is 14.5. The lowest BCUT2D eigenvalue weighted by atomic mass is 10.1. The van der Waals surface area contributed by atoms with Crippen LogP contribution in [0, 0.1) is 0 Å². The third-order valence-electron chi connectivity index (χ3n) is 2.99. The maximum atomic E-state index is 12.1. The van der Waals surface area contributed by atoms with E-state index in [0.717, 1.165) is 11.3 Å². The Morgan fingerprint density at radius 3 is 2.24 bits per heavy atom. The summed E-state index contributed by atoms with van der Waals surface area (Å²) in [5.74, 6) is 0.0750. The van der Waals surface area contributed by atoms with Crippen LogP contribution in [0.3, 0.4) is 0 Å². The minimum Gasteiger partial charge on any atom is -0.290 e. The maximum Gasteiger partial charge on any atom is 0.258 e. The fraction of sp³-hybridized carbons (Fsp3) is 0. The molecule has 102 valence electrons. The SMILES string of the molecule is O=C(Nc1nccc(-c2ccccc2)n1)c1ccccc1. The summed E-state index contributed by atoms with van der Waals surface area (Å²) < 4.78 is 0. The summed E-state index contributed by atoms with van der Waals surface area (Å²) in [6.07, 6.45) is 1.63. The van der Waals surface area contributed by atoms with Gasteiger partial charge in [-0.3, -0.25) is 10.1 Å². The first kappa shape index (κ1) is 13.0. The van der Waals surface area contributed by atoms with Gasteiger partial charge in [-0.15, -0.1) is 0 Å². The van der Waals surface area contributed by atoms with Gasteiger partial charge >= 0.3 is 0 Å². The number of rotatable bonds is 3. The highest BCUT2D eigenvalue weighted by Gasteiger charge is 2.08. The van der Waals surface area contributed by atoms with Crippen LogP contribution in [-0.4, -0.2) is 15.9 Å². The van der Waals surface area contributed by atoms with E-state index in [1.807, 2.05) is 54.6 Å². The lowest BCUT2D eigenvalue weighted by Gasteiger charge is -2.05. The summed E-state index contributed by atoms with van der Waals surface area (Å²) >= 11 is 0. The molecule has 1 heterocycles. The molecule has 0 bridgehead atoms. The van der Waals surface area contributed by atoms with E-state index in [1.54, 1.807) is 18.3 Å². The van der Waals surface area contributed by atoms with Gasteiger partial charge in [0.05, 0.1) is 5.69 Å². The molecule has 0 radical (unpaired) electrons. The minimum absolute atomic E-state index is 0.221. The summed E-state index contributed by atoms with van der Waals surface area (Å²) in [6, 6.07) is 20.6. The molecule has 4 nitrogen and oxygen atoms in total. The zero-order valence-electron chi connectivity index (χ0n) is 11.2. The maximum absolute atomic E-state index is 12.1. The summed E-state index contributed by atoms with van der Waals surface area (Å²) in [5.41, 5.74) is 2.33. The number of benzene rings is 2. The van der Waals surface area contributed by atoms with Crippen molar-refractivity contribution in [3.05, 3.63) is 78.5 Å². The van der Waals surface area contributed by atoms with Crippen molar-refractivity contribution in [2.24, 2.45) is 0 Å². The molecule has 1 aromatic heterocycles. The molecule has 0 aliphatic rings. The fourth-order valence-electron chi connectivity index (χ4n) is 1.95. The number of nitrogens with one attached hydrogen (secondary N) is 1. The molecule has 21 heavy (non-hydrogen) atoms. The molecule has 0 fully saturated rings. The second-order valence-electron chi connectivity index (χ2n) is 4.45. The van der Waals surface area contributed by atoms with Crippen LogP contribution >= 0.6 is 0 Å². The second kappa shape index (κ2) is 5.96. The van der Waals surface area contributed by atoms with Gasteiger partial charge in [-0.05, 0) is 18.2 Å². The predicted octanol–water partition coefficient (Wildman–Crippen LogP) is 3.40. The van der Waals surface area contributed by atoms with E-state index in [2.05, 4.69) is 15.3 Å². The van der Waals surface area contributed by atoms with Gasteiger partial charge in [-0.1, -0.05) is 48.5 Å². The number of anilines is 1. The summed E-state index contributed by atoms with van der Waals surface area (Å²) in [5, 5.41) is 2.71. The molecule has 2 aromatic carbocycles. The quantitative estimate of drug-likeness (QED) is 0.797.